The van der Waals surface area contributed by atoms with Crippen molar-refractivity contribution in [2.45, 2.75) is 57.1 Å². The minimum absolute atomic E-state index is 0.371. The molecule has 3 unspecified atom stereocenters. The smallest absolute Gasteiger partial charge is 0.0733 e. The van der Waals surface area contributed by atoms with E-state index in [4.69, 9.17) is 4.74 Å². The van der Waals surface area contributed by atoms with Gasteiger partial charge in [-0.25, -0.2) is 0 Å². The highest BCUT2D eigenvalue weighted by Gasteiger charge is 2.30. The van der Waals surface area contributed by atoms with Crippen LogP contribution in [0.25, 0.3) is 0 Å². The van der Waals surface area contributed by atoms with Gasteiger partial charge in [-0.3, -0.25) is 0 Å². The molecule has 1 aromatic rings. The number of unbranched alkanes of at least 4 members (excludes halogenated alkanes) is 1. The average Bonchev–Trinajstić information content (AvgIpc) is 2.48. The molecule has 106 valence electrons. The fourth-order valence-corrected chi connectivity index (χ4v) is 3.05. The highest BCUT2D eigenvalue weighted by atomic mass is 16.5. The van der Waals surface area contributed by atoms with Crippen LogP contribution in [0.4, 0.5) is 0 Å². The zero-order valence-electron chi connectivity index (χ0n) is 12.3. The van der Waals surface area contributed by atoms with Crippen LogP contribution in [-0.2, 0) is 4.74 Å². The number of ether oxygens (including phenoxy) is 1. The monoisotopic (exact) mass is 261 g/mol. The topological polar surface area (TPSA) is 21.3 Å². The van der Waals surface area contributed by atoms with Crippen molar-refractivity contribution in [3.8, 4) is 0 Å². The number of hydrogen-bond donors (Lipinski definition) is 1. The van der Waals surface area contributed by atoms with Gasteiger partial charge in [-0.15, -0.1) is 0 Å². The van der Waals surface area contributed by atoms with Gasteiger partial charge < -0.3 is 10.1 Å². The average molecular weight is 261 g/mol. The summed E-state index contributed by atoms with van der Waals surface area (Å²) in [7, 11) is 2.06. The van der Waals surface area contributed by atoms with E-state index in [0.29, 0.717) is 18.1 Å². The van der Waals surface area contributed by atoms with Crippen LogP contribution in [0.3, 0.4) is 0 Å². The van der Waals surface area contributed by atoms with Crippen molar-refractivity contribution in [1.82, 2.24) is 5.32 Å². The van der Waals surface area contributed by atoms with E-state index in [1.807, 2.05) is 0 Å². The van der Waals surface area contributed by atoms with Crippen molar-refractivity contribution < 1.29 is 4.74 Å². The van der Waals surface area contributed by atoms with E-state index in [0.717, 1.165) is 13.0 Å². The number of likely N-dealkylation sites (N-methyl/N-ethyl adjacent to an activating group) is 1. The molecule has 0 aromatic heterocycles. The lowest BCUT2D eigenvalue weighted by molar-refractivity contribution is 0.000263. The van der Waals surface area contributed by atoms with Crippen LogP contribution in [0.1, 0.15) is 50.5 Å². The maximum Gasteiger partial charge on any atom is 0.0733 e. The maximum absolute atomic E-state index is 6.12. The van der Waals surface area contributed by atoms with E-state index >= 15 is 0 Å². The molecule has 0 aliphatic heterocycles. The first-order valence-corrected chi connectivity index (χ1v) is 7.69. The quantitative estimate of drug-likeness (QED) is 0.788. The van der Waals surface area contributed by atoms with Crippen molar-refractivity contribution >= 4 is 0 Å². The minimum Gasteiger partial charge on any atom is -0.377 e. The first-order chi connectivity index (χ1) is 9.35. The lowest BCUT2D eigenvalue weighted by atomic mass is 9.80. The van der Waals surface area contributed by atoms with Gasteiger partial charge in [-0.05, 0) is 44.2 Å². The molecule has 1 fully saturated rings. The number of rotatable bonds is 6. The Hall–Kier alpha value is -0.860. The van der Waals surface area contributed by atoms with Gasteiger partial charge in [0.15, 0.2) is 0 Å². The van der Waals surface area contributed by atoms with Crippen LogP contribution in [0, 0.1) is 0 Å². The molecule has 0 bridgehead atoms. The molecule has 1 aliphatic rings. The maximum atomic E-state index is 6.12. The van der Waals surface area contributed by atoms with E-state index in [1.54, 1.807) is 0 Å². The standard InChI is InChI=1S/C17H27NO/c1-3-4-12-19-17-13-15(10-11-16(17)18-2)14-8-6-5-7-9-14/h5-9,15-18H,3-4,10-13H2,1-2H3. The Labute approximate surface area is 117 Å². The summed E-state index contributed by atoms with van der Waals surface area (Å²) in [5, 5.41) is 3.43. The van der Waals surface area contributed by atoms with E-state index < -0.39 is 0 Å². The molecule has 1 aromatic carbocycles. The Kier molecular flexibility index (Phi) is 5.87. The number of benzene rings is 1. The highest BCUT2D eigenvalue weighted by molar-refractivity contribution is 5.20. The van der Waals surface area contributed by atoms with Crippen LogP contribution in [0.2, 0.25) is 0 Å². The van der Waals surface area contributed by atoms with Gasteiger partial charge in [-0.2, -0.15) is 0 Å². The Balaban J connectivity index is 1.95. The molecule has 2 nitrogen and oxygen atoms in total. The second-order valence-electron chi connectivity index (χ2n) is 5.58. The number of nitrogens with one attached hydrogen (secondary N) is 1. The normalized spacial score (nSPS) is 27.4. The molecule has 0 spiro atoms. The second-order valence-corrected chi connectivity index (χ2v) is 5.58. The molecule has 0 saturated heterocycles. The zero-order chi connectivity index (χ0) is 13.5. The van der Waals surface area contributed by atoms with Crippen LogP contribution >= 0.6 is 0 Å². The summed E-state index contributed by atoms with van der Waals surface area (Å²) in [5.41, 5.74) is 1.47. The molecule has 2 rings (SSSR count). The summed E-state index contributed by atoms with van der Waals surface area (Å²) in [5.74, 6) is 0.664. The van der Waals surface area contributed by atoms with E-state index in [1.165, 1.54) is 31.2 Å². The summed E-state index contributed by atoms with van der Waals surface area (Å²) in [6, 6.07) is 11.4. The van der Waals surface area contributed by atoms with Crippen molar-refractivity contribution in [2.75, 3.05) is 13.7 Å². The molecule has 0 heterocycles. The summed E-state index contributed by atoms with van der Waals surface area (Å²) in [6.07, 6.45) is 6.38. The molecule has 2 heteroatoms. The molecule has 0 radical (unpaired) electrons. The van der Waals surface area contributed by atoms with Crippen molar-refractivity contribution in [1.29, 1.82) is 0 Å². The predicted molar refractivity (Wildman–Crippen MR) is 80.5 cm³/mol. The van der Waals surface area contributed by atoms with Gasteiger partial charge >= 0.3 is 0 Å². The Morgan fingerprint density at radius 3 is 2.68 bits per heavy atom. The van der Waals surface area contributed by atoms with Crippen LogP contribution in [0.5, 0.6) is 0 Å². The Morgan fingerprint density at radius 2 is 2.00 bits per heavy atom. The third-order valence-corrected chi connectivity index (χ3v) is 4.26. The van der Waals surface area contributed by atoms with Gasteiger partial charge in [0.05, 0.1) is 6.10 Å². The molecular formula is C17H27NO. The van der Waals surface area contributed by atoms with Gasteiger partial charge in [0.2, 0.25) is 0 Å². The largest absolute Gasteiger partial charge is 0.377 e. The molecule has 1 N–H and O–H groups in total. The van der Waals surface area contributed by atoms with Gasteiger partial charge in [0.1, 0.15) is 0 Å². The predicted octanol–water partition coefficient (Wildman–Crippen LogP) is 3.73. The van der Waals surface area contributed by atoms with Crippen molar-refractivity contribution in [3.05, 3.63) is 35.9 Å². The zero-order valence-corrected chi connectivity index (χ0v) is 12.3. The third-order valence-electron chi connectivity index (χ3n) is 4.26. The third kappa shape index (κ3) is 4.05. The summed E-state index contributed by atoms with van der Waals surface area (Å²) in [6.45, 7) is 3.12. The Bertz CT molecular complexity index is 352. The molecule has 3 atom stereocenters. The van der Waals surface area contributed by atoms with Crippen molar-refractivity contribution in [2.24, 2.45) is 0 Å². The molecule has 19 heavy (non-hydrogen) atoms. The fraction of sp³-hybridized carbons (Fsp3) is 0.647. The molecule has 0 amide bonds. The van der Waals surface area contributed by atoms with Crippen LogP contribution in [0.15, 0.2) is 30.3 Å². The molecule has 1 aliphatic carbocycles. The minimum atomic E-state index is 0.371. The fourth-order valence-electron chi connectivity index (χ4n) is 3.05. The lowest BCUT2D eigenvalue weighted by Crippen LogP contribution is -2.43. The SMILES string of the molecule is CCCCOC1CC(c2ccccc2)CCC1NC. The second kappa shape index (κ2) is 7.66. The van der Waals surface area contributed by atoms with E-state index in [2.05, 4.69) is 49.6 Å². The first kappa shape index (κ1) is 14.5. The lowest BCUT2D eigenvalue weighted by Gasteiger charge is -2.36. The molecular weight excluding hydrogens is 234 g/mol. The highest BCUT2D eigenvalue weighted by Crippen LogP contribution is 2.34. The van der Waals surface area contributed by atoms with Gasteiger partial charge in [0, 0.05) is 12.6 Å². The van der Waals surface area contributed by atoms with Crippen molar-refractivity contribution in [3.63, 3.8) is 0 Å². The van der Waals surface area contributed by atoms with E-state index in [-0.39, 0.29) is 0 Å². The Morgan fingerprint density at radius 1 is 1.21 bits per heavy atom. The van der Waals surface area contributed by atoms with Crippen LogP contribution < -0.4 is 5.32 Å². The number of hydrogen-bond acceptors (Lipinski definition) is 2. The summed E-state index contributed by atoms with van der Waals surface area (Å²) in [4.78, 5) is 0. The first-order valence-electron chi connectivity index (χ1n) is 7.69. The van der Waals surface area contributed by atoms with Gasteiger partial charge in [0.25, 0.3) is 0 Å². The van der Waals surface area contributed by atoms with Gasteiger partial charge in [-0.1, -0.05) is 43.7 Å². The molecule has 1 saturated carbocycles. The van der Waals surface area contributed by atoms with E-state index in [9.17, 15) is 0 Å². The summed E-state index contributed by atoms with van der Waals surface area (Å²) >= 11 is 0. The summed E-state index contributed by atoms with van der Waals surface area (Å²) < 4.78 is 6.12. The van der Waals surface area contributed by atoms with Crippen LogP contribution in [-0.4, -0.2) is 25.8 Å².